The number of terminal acetylenes is 1. The summed E-state index contributed by atoms with van der Waals surface area (Å²) >= 11 is 0. The first kappa shape index (κ1) is 8.35. The van der Waals surface area contributed by atoms with Crippen LogP contribution in [-0.4, -0.2) is 12.8 Å². The molecule has 0 bridgehead atoms. The molecule has 12 heavy (non-hydrogen) atoms. The second kappa shape index (κ2) is 4.97. The number of nitrogens with zero attached hydrogens (tertiary/aromatic N) is 1. The zero-order valence-corrected chi connectivity index (χ0v) is 6.53. The summed E-state index contributed by atoms with van der Waals surface area (Å²) in [4.78, 5) is 4.66. The first-order chi connectivity index (χ1) is 5.93. The predicted octanol–water partition coefficient (Wildman–Crippen LogP) is 1.55. The fourth-order valence-electron chi connectivity index (χ4n) is 0.667. The summed E-state index contributed by atoms with van der Waals surface area (Å²) in [6.45, 7) is 0.180. The lowest BCUT2D eigenvalue weighted by molar-refractivity contribution is 0.181. The lowest BCUT2D eigenvalue weighted by Crippen LogP contribution is -1.84. The van der Waals surface area contributed by atoms with E-state index in [2.05, 4.69) is 22.1 Å². The Hall–Kier alpha value is -1.75. The number of benzene rings is 1. The van der Waals surface area contributed by atoms with E-state index in [1.165, 1.54) is 0 Å². The van der Waals surface area contributed by atoms with Gasteiger partial charge >= 0.3 is 0 Å². The van der Waals surface area contributed by atoms with E-state index < -0.39 is 0 Å². The Balaban J connectivity index is 2.43. The highest BCUT2D eigenvalue weighted by Crippen LogP contribution is 1.93. The van der Waals surface area contributed by atoms with E-state index in [1.807, 2.05) is 30.3 Å². The second-order valence-electron chi connectivity index (χ2n) is 2.05. The highest BCUT2D eigenvalue weighted by Gasteiger charge is 1.83. The molecule has 0 N–H and O–H groups in total. The van der Waals surface area contributed by atoms with Gasteiger partial charge in [-0.3, -0.25) is 0 Å². The molecule has 0 fully saturated rings. The molecule has 0 unspecified atom stereocenters. The van der Waals surface area contributed by atoms with Crippen molar-refractivity contribution in [2.24, 2.45) is 5.16 Å². The molecule has 0 saturated carbocycles. The number of hydrogen-bond donors (Lipinski definition) is 0. The highest BCUT2D eigenvalue weighted by molar-refractivity contribution is 5.78. The van der Waals surface area contributed by atoms with Gasteiger partial charge in [0, 0.05) is 5.56 Å². The predicted molar refractivity (Wildman–Crippen MR) is 47.8 cm³/mol. The molecule has 1 aromatic carbocycles. The van der Waals surface area contributed by atoms with Crippen LogP contribution in [0.5, 0.6) is 0 Å². The van der Waals surface area contributed by atoms with E-state index in [0.717, 1.165) is 5.56 Å². The highest BCUT2D eigenvalue weighted by atomic mass is 16.6. The summed E-state index contributed by atoms with van der Waals surface area (Å²) in [5, 5.41) is 3.54. The third-order valence-corrected chi connectivity index (χ3v) is 1.16. The van der Waals surface area contributed by atoms with Gasteiger partial charge in [-0.05, 0) is 0 Å². The van der Waals surface area contributed by atoms with E-state index >= 15 is 0 Å². The first-order valence-electron chi connectivity index (χ1n) is 3.50. The molecule has 0 heterocycles. The average molecular weight is 158 g/mol. The SMILES string of the molecule is C#CCON=[C]c1ccccc1. The van der Waals surface area contributed by atoms with Crippen molar-refractivity contribution in [3.8, 4) is 12.3 Å². The van der Waals surface area contributed by atoms with Gasteiger partial charge in [0.2, 0.25) is 0 Å². The van der Waals surface area contributed by atoms with Crippen LogP contribution in [-0.2, 0) is 4.84 Å². The number of hydrogen-bond acceptors (Lipinski definition) is 2. The van der Waals surface area contributed by atoms with E-state index in [9.17, 15) is 0 Å². The van der Waals surface area contributed by atoms with Crippen LogP contribution in [0.3, 0.4) is 0 Å². The minimum Gasteiger partial charge on any atom is -0.382 e. The maximum absolute atomic E-state index is 4.95. The van der Waals surface area contributed by atoms with Gasteiger partial charge in [-0.2, -0.15) is 0 Å². The van der Waals surface area contributed by atoms with Crippen LogP contribution in [0.1, 0.15) is 5.56 Å². The van der Waals surface area contributed by atoms with Gasteiger partial charge in [0.05, 0.1) is 0 Å². The molecule has 1 radical (unpaired) electrons. The van der Waals surface area contributed by atoms with Crippen molar-refractivity contribution in [2.75, 3.05) is 6.61 Å². The largest absolute Gasteiger partial charge is 0.382 e. The molecule has 0 aliphatic heterocycles. The molecular formula is C10H8NO. The summed E-state index contributed by atoms with van der Waals surface area (Å²) in [6, 6.07) is 9.48. The first-order valence-corrected chi connectivity index (χ1v) is 3.50. The van der Waals surface area contributed by atoms with Gasteiger partial charge in [-0.1, -0.05) is 41.4 Å². The monoisotopic (exact) mass is 158 g/mol. The molecule has 59 valence electrons. The Morgan fingerprint density at radius 3 is 2.75 bits per heavy atom. The Labute approximate surface area is 71.9 Å². The fourth-order valence-corrected chi connectivity index (χ4v) is 0.667. The van der Waals surface area contributed by atoms with Crippen molar-refractivity contribution < 1.29 is 4.84 Å². The molecule has 0 saturated heterocycles. The van der Waals surface area contributed by atoms with E-state index in [4.69, 9.17) is 6.42 Å². The third kappa shape index (κ3) is 2.89. The summed E-state index contributed by atoms with van der Waals surface area (Å²) in [7, 11) is 0. The zero-order chi connectivity index (χ0) is 8.65. The van der Waals surface area contributed by atoms with Crippen molar-refractivity contribution >= 4 is 6.21 Å². The topological polar surface area (TPSA) is 21.6 Å². The van der Waals surface area contributed by atoms with Crippen molar-refractivity contribution in [2.45, 2.75) is 0 Å². The van der Waals surface area contributed by atoms with E-state index in [1.54, 1.807) is 0 Å². The molecule has 0 aliphatic carbocycles. The van der Waals surface area contributed by atoms with Crippen LogP contribution in [0, 0.1) is 12.3 Å². The Bertz CT molecular complexity index is 284. The second-order valence-corrected chi connectivity index (χ2v) is 2.05. The lowest BCUT2D eigenvalue weighted by atomic mass is 10.2. The van der Waals surface area contributed by atoms with Crippen LogP contribution < -0.4 is 0 Å². The molecular weight excluding hydrogens is 150 g/mol. The molecule has 2 heteroatoms. The molecule has 0 spiro atoms. The Kier molecular flexibility index (Phi) is 3.46. The van der Waals surface area contributed by atoms with Gasteiger partial charge in [-0.15, -0.1) is 6.42 Å². The minimum atomic E-state index is 0.180. The Morgan fingerprint density at radius 1 is 1.33 bits per heavy atom. The minimum absolute atomic E-state index is 0.180. The van der Waals surface area contributed by atoms with Crippen LogP contribution in [0.25, 0.3) is 0 Å². The van der Waals surface area contributed by atoms with Gasteiger partial charge in [0.25, 0.3) is 0 Å². The number of rotatable bonds is 3. The normalized spacial score (nSPS) is 9.58. The van der Waals surface area contributed by atoms with Gasteiger partial charge in [0.15, 0.2) is 6.61 Å². The van der Waals surface area contributed by atoms with Crippen molar-refractivity contribution in [1.82, 2.24) is 0 Å². The van der Waals surface area contributed by atoms with Crippen LogP contribution in [0.4, 0.5) is 0 Å². The molecule has 0 atom stereocenters. The maximum Gasteiger partial charge on any atom is 0.177 e. The van der Waals surface area contributed by atoms with Crippen molar-refractivity contribution in [1.29, 1.82) is 0 Å². The standard InChI is InChI=1S/C10H8NO/c1-2-8-12-11-9-10-6-4-3-5-7-10/h1,3-7H,8H2. The lowest BCUT2D eigenvalue weighted by Gasteiger charge is -1.89. The van der Waals surface area contributed by atoms with E-state index in [-0.39, 0.29) is 6.61 Å². The molecule has 2 nitrogen and oxygen atoms in total. The van der Waals surface area contributed by atoms with Crippen LogP contribution in [0.15, 0.2) is 35.5 Å². The quantitative estimate of drug-likeness (QED) is 0.283. The third-order valence-electron chi connectivity index (χ3n) is 1.16. The maximum atomic E-state index is 4.95. The fraction of sp³-hybridized carbons (Fsp3) is 0.100. The van der Waals surface area contributed by atoms with Gasteiger partial charge in [0.1, 0.15) is 6.21 Å². The molecule has 1 rings (SSSR count). The molecule has 1 aromatic rings. The summed E-state index contributed by atoms with van der Waals surface area (Å²) < 4.78 is 0. The summed E-state index contributed by atoms with van der Waals surface area (Å²) in [6.07, 6.45) is 7.63. The summed E-state index contributed by atoms with van der Waals surface area (Å²) in [5.74, 6) is 2.30. The van der Waals surface area contributed by atoms with Crippen molar-refractivity contribution in [3.63, 3.8) is 0 Å². The van der Waals surface area contributed by atoms with Crippen LogP contribution >= 0.6 is 0 Å². The smallest absolute Gasteiger partial charge is 0.177 e. The molecule has 0 aromatic heterocycles. The van der Waals surface area contributed by atoms with Crippen molar-refractivity contribution in [3.05, 3.63) is 35.9 Å². The van der Waals surface area contributed by atoms with Gasteiger partial charge < -0.3 is 4.84 Å². The average Bonchev–Trinajstić information content (AvgIpc) is 2.14. The zero-order valence-electron chi connectivity index (χ0n) is 6.53. The summed E-state index contributed by atoms with van der Waals surface area (Å²) in [5.41, 5.74) is 0.870. The molecule has 0 aliphatic rings. The van der Waals surface area contributed by atoms with E-state index in [0.29, 0.717) is 0 Å². The van der Waals surface area contributed by atoms with Gasteiger partial charge in [-0.25, -0.2) is 0 Å². The Morgan fingerprint density at radius 2 is 2.08 bits per heavy atom. The van der Waals surface area contributed by atoms with Crippen LogP contribution in [0.2, 0.25) is 0 Å². The molecule has 0 amide bonds.